The molecule has 1 amide bonds. The molecule has 1 aromatic heterocycles. The number of nitrogens with zero attached hydrogens (tertiary/aromatic N) is 2. The number of nitrogens with one attached hydrogen (secondary N) is 2. The summed E-state index contributed by atoms with van der Waals surface area (Å²) in [6.07, 6.45) is 5.52. The van der Waals surface area contributed by atoms with Crippen LogP contribution in [-0.2, 0) is 24.4 Å². The Morgan fingerprint density at radius 2 is 1.70 bits per heavy atom. The van der Waals surface area contributed by atoms with Crippen LogP contribution in [0.1, 0.15) is 49.7 Å². The van der Waals surface area contributed by atoms with Crippen LogP contribution in [-0.4, -0.2) is 33.4 Å². The number of amides is 1. The van der Waals surface area contributed by atoms with Gasteiger partial charge in [-0.15, -0.1) is 0 Å². The zero-order valence-electron chi connectivity index (χ0n) is 19.0. The van der Waals surface area contributed by atoms with Crippen molar-refractivity contribution in [2.24, 2.45) is 0 Å². The number of aromatic nitrogens is 2. The molecule has 1 aliphatic heterocycles. The van der Waals surface area contributed by atoms with Crippen LogP contribution < -0.4 is 10.9 Å². The van der Waals surface area contributed by atoms with Crippen molar-refractivity contribution in [3.8, 4) is 0 Å². The van der Waals surface area contributed by atoms with Crippen LogP contribution in [0.3, 0.4) is 0 Å². The van der Waals surface area contributed by atoms with Gasteiger partial charge in [0.25, 0.3) is 5.56 Å². The van der Waals surface area contributed by atoms with Crippen LogP contribution in [0.15, 0.2) is 53.3 Å². The van der Waals surface area contributed by atoms with Gasteiger partial charge in [0.2, 0.25) is 5.91 Å². The number of unbranched alkanes of at least 4 members (excludes halogenated alkanes) is 2. The molecule has 0 bridgehead atoms. The van der Waals surface area contributed by atoms with Crippen molar-refractivity contribution in [3.63, 3.8) is 0 Å². The number of hydrogen-bond acceptors (Lipinski definition) is 4. The van der Waals surface area contributed by atoms with Gasteiger partial charge in [-0.05, 0) is 74.3 Å². The number of hydrogen-bond donors (Lipinski definition) is 2. The van der Waals surface area contributed by atoms with Crippen LogP contribution in [0.5, 0.6) is 0 Å². The van der Waals surface area contributed by atoms with E-state index in [1.54, 1.807) is 4.57 Å². The summed E-state index contributed by atoms with van der Waals surface area (Å²) in [6, 6.07) is 15.8. The molecule has 0 aliphatic carbocycles. The fraction of sp³-hybridized carbons (Fsp3) is 0.423. The van der Waals surface area contributed by atoms with Gasteiger partial charge < -0.3 is 10.3 Å². The van der Waals surface area contributed by atoms with Crippen LogP contribution in [0.2, 0.25) is 0 Å². The Bertz CT molecular complexity index is 1210. The lowest BCUT2D eigenvalue weighted by molar-refractivity contribution is -0.121. The Balaban J connectivity index is 1.21. The lowest BCUT2D eigenvalue weighted by Crippen LogP contribution is -2.25. The summed E-state index contributed by atoms with van der Waals surface area (Å²) in [6.45, 7) is 4.42. The van der Waals surface area contributed by atoms with Crippen molar-refractivity contribution >= 4 is 29.0 Å². The molecule has 1 fully saturated rings. The third kappa shape index (κ3) is 6.18. The lowest BCUT2D eigenvalue weighted by atomic mass is 10.1. The summed E-state index contributed by atoms with van der Waals surface area (Å²) in [7, 11) is 0. The van der Waals surface area contributed by atoms with E-state index in [1.807, 2.05) is 30.3 Å². The molecule has 1 aliphatic rings. The maximum absolute atomic E-state index is 12.7. The smallest absolute Gasteiger partial charge is 0.262 e. The van der Waals surface area contributed by atoms with E-state index in [0.29, 0.717) is 29.7 Å². The molecule has 6 nitrogen and oxygen atoms in total. The predicted molar refractivity (Wildman–Crippen MR) is 135 cm³/mol. The predicted octanol–water partition coefficient (Wildman–Crippen LogP) is 4.53. The van der Waals surface area contributed by atoms with Crippen molar-refractivity contribution in [2.45, 2.75) is 58.2 Å². The molecule has 0 saturated carbocycles. The number of likely N-dealkylation sites (tertiary alicyclic amines) is 1. The van der Waals surface area contributed by atoms with Gasteiger partial charge in [-0.1, -0.05) is 42.8 Å². The monoisotopic (exact) mass is 464 g/mol. The minimum absolute atomic E-state index is 0.0558. The van der Waals surface area contributed by atoms with E-state index >= 15 is 0 Å². The molecule has 2 N–H and O–H groups in total. The molecule has 3 aromatic rings. The van der Waals surface area contributed by atoms with Gasteiger partial charge in [0.05, 0.1) is 10.9 Å². The summed E-state index contributed by atoms with van der Waals surface area (Å²) in [4.78, 5) is 30.7. The Labute approximate surface area is 199 Å². The van der Waals surface area contributed by atoms with Crippen molar-refractivity contribution in [2.75, 3.05) is 13.1 Å². The standard InChI is InChI=1S/C26H32N4O2S/c31-24(27-18-20-10-3-4-11-21(20)19-29-15-8-9-16-29)14-2-1-7-17-30-25(32)22-12-5-6-13-23(22)28-26(30)33/h3-6,10-13H,1-2,7-9,14-19H2,(H,27,31)(H,28,33). The second kappa shape index (κ2) is 11.4. The van der Waals surface area contributed by atoms with Gasteiger partial charge in [-0.2, -0.15) is 0 Å². The van der Waals surface area contributed by atoms with E-state index in [0.717, 1.165) is 44.4 Å². The molecule has 4 rings (SSSR count). The zero-order valence-corrected chi connectivity index (χ0v) is 19.8. The number of para-hydroxylation sites is 1. The second-order valence-corrected chi connectivity index (χ2v) is 9.16. The molecule has 174 valence electrons. The summed E-state index contributed by atoms with van der Waals surface area (Å²) < 4.78 is 2.07. The first-order valence-electron chi connectivity index (χ1n) is 11.9. The van der Waals surface area contributed by atoms with Crippen LogP contribution in [0, 0.1) is 4.77 Å². The van der Waals surface area contributed by atoms with Crippen LogP contribution >= 0.6 is 12.2 Å². The molecule has 2 heterocycles. The molecular formula is C26H32N4O2S. The van der Waals surface area contributed by atoms with Gasteiger partial charge >= 0.3 is 0 Å². The summed E-state index contributed by atoms with van der Waals surface area (Å²) in [5, 5.41) is 3.73. The van der Waals surface area contributed by atoms with Crippen molar-refractivity contribution in [3.05, 3.63) is 74.8 Å². The van der Waals surface area contributed by atoms with Gasteiger partial charge in [0.1, 0.15) is 0 Å². The first kappa shape index (κ1) is 23.4. The highest BCUT2D eigenvalue weighted by atomic mass is 32.1. The summed E-state index contributed by atoms with van der Waals surface area (Å²) in [5.41, 5.74) is 3.21. The molecule has 0 atom stereocenters. The number of benzene rings is 2. The number of H-pyrrole nitrogens is 1. The number of fused-ring (bicyclic) bond motifs is 1. The Morgan fingerprint density at radius 3 is 2.52 bits per heavy atom. The third-order valence-electron chi connectivity index (χ3n) is 6.36. The first-order chi connectivity index (χ1) is 16.1. The van der Waals surface area contributed by atoms with Crippen LogP contribution in [0.25, 0.3) is 10.9 Å². The van der Waals surface area contributed by atoms with E-state index in [1.165, 1.54) is 24.0 Å². The van der Waals surface area contributed by atoms with Gasteiger partial charge in [-0.25, -0.2) is 0 Å². The number of carbonyl (C=O) groups is 1. The average molecular weight is 465 g/mol. The molecule has 1 saturated heterocycles. The molecule has 0 unspecified atom stereocenters. The normalized spacial score (nSPS) is 14.1. The maximum Gasteiger partial charge on any atom is 0.262 e. The largest absolute Gasteiger partial charge is 0.352 e. The maximum atomic E-state index is 12.7. The quantitative estimate of drug-likeness (QED) is 0.342. The summed E-state index contributed by atoms with van der Waals surface area (Å²) >= 11 is 5.36. The van der Waals surface area contributed by atoms with E-state index in [9.17, 15) is 9.59 Å². The van der Waals surface area contributed by atoms with Crippen molar-refractivity contribution in [1.29, 1.82) is 0 Å². The second-order valence-electron chi connectivity index (χ2n) is 8.77. The van der Waals surface area contributed by atoms with E-state index < -0.39 is 0 Å². The highest BCUT2D eigenvalue weighted by Crippen LogP contribution is 2.16. The average Bonchev–Trinajstić information content (AvgIpc) is 3.33. The zero-order chi connectivity index (χ0) is 23.0. The minimum Gasteiger partial charge on any atom is -0.352 e. The Hall–Kier alpha value is -2.77. The number of carbonyl (C=O) groups excluding carboxylic acids is 1. The van der Waals surface area contributed by atoms with E-state index in [-0.39, 0.29) is 11.5 Å². The Morgan fingerprint density at radius 1 is 0.970 bits per heavy atom. The van der Waals surface area contributed by atoms with E-state index in [2.05, 4.69) is 33.4 Å². The highest BCUT2D eigenvalue weighted by molar-refractivity contribution is 7.71. The fourth-order valence-corrected chi connectivity index (χ4v) is 4.77. The van der Waals surface area contributed by atoms with Gasteiger partial charge in [-0.3, -0.25) is 19.1 Å². The molecule has 0 spiro atoms. The molecule has 2 aromatic carbocycles. The van der Waals surface area contributed by atoms with Crippen molar-refractivity contribution in [1.82, 2.24) is 19.8 Å². The van der Waals surface area contributed by atoms with Crippen molar-refractivity contribution < 1.29 is 4.79 Å². The fourth-order valence-electron chi connectivity index (χ4n) is 4.48. The molecule has 0 radical (unpaired) electrons. The minimum atomic E-state index is -0.0558. The Kier molecular flexibility index (Phi) is 8.07. The van der Waals surface area contributed by atoms with E-state index in [4.69, 9.17) is 12.2 Å². The number of aromatic amines is 1. The first-order valence-corrected chi connectivity index (χ1v) is 12.3. The molecule has 7 heteroatoms. The highest BCUT2D eigenvalue weighted by Gasteiger charge is 2.14. The molecule has 33 heavy (non-hydrogen) atoms. The number of rotatable bonds is 10. The van der Waals surface area contributed by atoms with Crippen LogP contribution in [0.4, 0.5) is 0 Å². The third-order valence-corrected chi connectivity index (χ3v) is 6.68. The molecular weight excluding hydrogens is 432 g/mol. The lowest BCUT2D eigenvalue weighted by Gasteiger charge is -2.17. The summed E-state index contributed by atoms with van der Waals surface area (Å²) in [5.74, 6) is 0.0751. The topological polar surface area (TPSA) is 70.1 Å². The van der Waals surface area contributed by atoms with Gasteiger partial charge in [0, 0.05) is 26.1 Å². The SMILES string of the molecule is O=C(CCCCCn1c(=S)[nH]c2ccccc2c1=O)NCc1ccccc1CN1CCCC1. The van der Waals surface area contributed by atoms with Gasteiger partial charge in [0.15, 0.2) is 4.77 Å².